The first-order valence-corrected chi connectivity index (χ1v) is 7.80. The second-order valence-corrected chi connectivity index (χ2v) is 6.06. The summed E-state index contributed by atoms with van der Waals surface area (Å²) in [7, 11) is 0. The minimum atomic E-state index is -0.0714. The molecule has 1 saturated carbocycles. The fourth-order valence-electron chi connectivity index (χ4n) is 2.92. The highest BCUT2D eigenvalue weighted by Gasteiger charge is 2.28. The highest BCUT2D eigenvalue weighted by molar-refractivity contribution is 4.99. The average Bonchev–Trinajstić information content (AvgIpc) is 2.94. The number of aromatic nitrogens is 2. The van der Waals surface area contributed by atoms with Crippen molar-refractivity contribution in [3.05, 3.63) is 11.7 Å². The molecule has 0 aliphatic heterocycles. The van der Waals surface area contributed by atoms with Crippen molar-refractivity contribution in [3.8, 4) is 0 Å². The molecule has 20 heavy (non-hydrogen) atoms. The van der Waals surface area contributed by atoms with E-state index < -0.39 is 0 Å². The molecule has 1 aromatic heterocycles. The lowest BCUT2D eigenvalue weighted by atomic mass is 9.82. The van der Waals surface area contributed by atoms with Crippen LogP contribution in [0.2, 0.25) is 0 Å². The lowest BCUT2D eigenvalue weighted by Gasteiger charge is -2.25. The molecule has 0 saturated heterocycles. The summed E-state index contributed by atoms with van der Waals surface area (Å²) in [6, 6.07) is 0. The minimum absolute atomic E-state index is 0.0714. The van der Waals surface area contributed by atoms with Gasteiger partial charge in [0.05, 0.1) is 0 Å². The molecule has 114 valence electrons. The molecular formula is C15H27N3O2. The normalized spacial score (nSPS) is 25.1. The molecule has 1 heterocycles. The Bertz CT molecular complexity index is 398. The molecule has 1 unspecified atom stereocenters. The molecule has 0 bridgehead atoms. The van der Waals surface area contributed by atoms with Crippen molar-refractivity contribution in [2.75, 3.05) is 13.2 Å². The topological polar surface area (TPSA) is 74.2 Å². The van der Waals surface area contributed by atoms with Gasteiger partial charge >= 0.3 is 0 Å². The van der Waals surface area contributed by atoms with Gasteiger partial charge in [0, 0.05) is 12.5 Å². The Kier molecular flexibility index (Phi) is 5.54. The molecule has 0 spiro atoms. The van der Waals surface area contributed by atoms with Crippen LogP contribution in [0.5, 0.6) is 0 Å². The summed E-state index contributed by atoms with van der Waals surface area (Å²) in [5.41, 5.74) is 5.73. The van der Waals surface area contributed by atoms with E-state index in [2.05, 4.69) is 24.0 Å². The van der Waals surface area contributed by atoms with Crippen LogP contribution in [0.25, 0.3) is 0 Å². The Balaban J connectivity index is 2.01. The first-order chi connectivity index (χ1) is 9.65. The van der Waals surface area contributed by atoms with Gasteiger partial charge in [0.2, 0.25) is 11.7 Å². The Morgan fingerprint density at radius 3 is 2.55 bits per heavy atom. The van der Waals surface area contributed by atoms with Gasteiger partial charge in [0.1, 0.15) is 6.10 Å². The van der Waals surface area contributed by atoms with Gasteiger partial charge in [-0.25, -0.2) is 0 Å². The van der Waals surface area contributed by atoms with Crippen LogP contribution in [0.15, 0.2) is 4.52 Å². The lowest BCUT2D eigenvalue weighted by Crippen LogP contribution is -2.20. The van der Waals surface area contributed by atoms with E-state index in [1.165, 1.54) is 0 Å². The first kappa shape index (κ1) is 15.4. The molecule has 2 N–H and O–H groups in total. The van der Waals surface area contributed by atoms with Crippen molar-refractivity contribution >= 4 is 0 Å². The van der Waals surface area contributed by atoms with Gasteiger partial charge in [0.15, 0.2) is 0 Å². The Hall–Kier alpha value is -0.940. The van der Waals surface area contributed by atoms with Crippen LogP contribution in [-0.2, 0) is 4.74 Å². The SMILES string of the molecule is CCOC(c1noc(C2CCC(CN)CC2)n1)C(C)C. The Morgan fingerprint density at radius 1 is 1.30 bits per heavy atom. The van der Waals surface area contributed by atoms with Crippen LogP contribution in [0.3, 0.4) is 0 Å². The molecule has 2 rings (SSSR count). The molecule has 5 heteroatoms. The van der Waals surface area contributed by atoms with E-state index in [4.69, 9.17) is 15.0 Å². The van der Waals surface area contributed by atoms with E-state index >= 15 is 0 Å². The van der Waals surface area contributed by atoms with Crippen molar-refractivity contribution in [1.29, 1.82) is 0 Å². The number of rotatable bonds is 6. The monoisotopic (exact) mass is 281 g/mol. The fourth-order valence-corrected chi connectivity index (χ4v) is 2.92. The Labute approximate surface area is 121 Å². The highest BCUT2D eigenvalue weighted by Crippen LogP contribution is 2.35. The largest absolute Gasteiger partial charge is 0.370 e. The predicted molar refractivity (Wildman–Crippen MR) is 77.3 cm³/mol. The summed E-state index contributed by atoms with van der Waals surface area (Å²) in [5.74, 6) is 2.88. The zero-order chi connectivity index (χ0) is 14.5. The zero-order valence-corrected chi connectivity index (χ0v) is 12.8. The highest BCUT2D eigenvalue weighted by atomic mass is 16.5. The summed E-state index contributed by atoms with van der Waals surface area (Å²) in [6.45, 7) is 7.67. The fraction of sp³-hybridized carbons (Fsp3) is 0.867. The van der Waals surface area contributed by atoms with Gasteiger partial charge in [-0.1, -0.05) is 19.0 Å². The van der Waals surface area contributed by atoms with E-state index in [0.29, 0.717) is 30.2 Å². The maximum absolute atomic E-state index is 5.73. The smallest absolute Gasteiger partial charge is 0.229 e. The van der Waals surface area contributed by atoms with Gasteiger partial charge in [-0.15, -0.1) is 0 Å². The van der Waals surface area contributed by atoms with Crippen LogP contribution < -0.4 is 5.73 Å². The Morgan fingerprint density at radius 2 is 2.00 bits per heavy atom. The third kappa shape index (κ3) is 3.58. The van der Waals surface area contributed by atoms with Crippen LogP contribution in [0, 0.1) is 11.8 Å². The van der Waals surface area contributed by atoms with Crippen LogP contribution >= 0.6 is 0 Å². The van der Waals surface area contributed by atoms with E-state index in [-0.39, 0.29) is 6.10 Å². The maximum Gasteiger partial charge on any atom is 0.229 e. The third-order valence-corrected chi connectivity index (χ3v) is 4.19. The molecule has 0 aromatic carbocycles. The van der Waals surface area contributed by atoms with Crippen LogP contribution in [-0.4, -0.2) is 23.3 Å². The third-order valence-electron chi connectivity index (χ3n) is 4.19. The number of hydrogen-bond acceptors (Lipinski definition) is 5. The summed E-state index contributed by atoms with van der Waals surface area (Å²) >= 11 is 0. The average molecular weight is 281 g/mol. The van der Waals surface area contributed by atoms with Gasteiger partial charge in [-0.2, -0.15) is 4.98 Å². The molecular weight excluding hydrogens is 254 g/mol. The molecule has 5 nitrogen and oxygen atoms in total. The van der Waals surface area contributed by atoms with Gasteiger partial charge in [-0.05, 0) is 51.0 Å². The van der Waals surface area contributed by atoms with Crippen LogP contribution in [0.4, 0.5) is 0 Å². The second kappa shape index (κ2) is 7.18. The molecule has 1 aliphatic carbocycles. The van der Waals surface area contributed by atoms with Crippen molar-refractivity contribution in [3.63, 3.8) is 0 Å². The van der Waals surface area contributed by atoms with Gasteiger partial charge in [0.25, 0.3) is 0 Å². The minimum Gasteiger partial charge on any atom is -0.370 e. The van der Waals surface area contributed by atoms with Crippen molar-refractivity contribution in [1.82, 2.24) is 10.1 Å². The summed E-state index contributed by atoms with van der Waals surface area (Å²) < 4.78 is 11.2. The molecule has 1 aliphatic rings. The second-order valence-electron chi connectivity index (χ2n) is 6.06. The van der Waals surface area contributed by atoms with Gasteiger partial charge < -0.3 is 15.0 Å². The summed E-state index contributed by atoms with van der Waals surface area (Å²) in [5, 5.41) is 4.13. The number of ether oxygens (including phenoxy) is 1. The molecule has 0 radical (unpaired) electrons. The van der Waals surface area contributed by atoms with Gasteiger partial charge in [-0.3, -0.25) is 0 Å². The molecule has 1 aromatic rings. The lowest BCUT2D eigenvalue weighted by molar-refractivity contribution is 0.0217. The predicted octanol–water partition coefficient (Wildman–Crippen LogP) is 3.04. The standard InChI is InChI=1S/C15H27N3O2/c1-4-19-13(10(2)3)14-17-15(20-18-14)12-7-5-11(9-16)6-8-12/h10-13H,4-9,16H2,1-3H3. The molecule has 1 atom stereocenters. The number of nitrogens with zero attached hydrogens (tertiary/aromatic N) is 2. The molecule has 0 amide bonds. The van der Waals surface area contributed by atoms with Crippen molar-refractivity contribution < 1.29 is 9.26 Å². The van der Waals surface area contributed by atoms with E-state index in [9.17, 15) is 0 Å². The zero-order valence-electron chi connectivity index (χ0n) is 12.8. The maximum atomic E-state index is 5.73. The molecule has 1 fully saturated rings. The number of nitrogens with two attached hydrogens (primary N) is 1. The van der Waals surface area contributed by atoms with Crippen molar-refractivity contribution in [2.45, 2.75) is 58.5 Å². The first-order valence-electron chi connectivity index (χ1n) is 7.80. The van der Waals surface area contributed by atoms with E-state index in [1.54, 1.807) is 0 Å². The quantitative estimate of drug-likeness (QED) is 0.867. The number of hydrogen-bond donors (Lipinski definition) is 1. The summed E-state index contributed by atoms with van der Waals surface area (Å²) in [4.78, 5) is 4.59. The van der Waals surface area contributed by atoms with Crippen LogP contribution in [0.1, 0.15) is 70.2 Å². The van der Waals surface area contributed by atoms with E-state index in [0.717, 1.165) is 38.1 Å². The summed E-state index contributed by atoms with van der Waals surface area (Å²) in [6.07, 6.45) is 4.46. The van der Waals surface area contributed by atoms with E-state index in [1.807, 2.05) is 6.92 Å². The van der Waals surface area contributed by atoms with Crippen molar-refractivity contribution in [2.24, 2.45) is 17.6 Å².